The first-order valence-electron chi connectivity index (χ1n) is 6.26. The highest BCUT2D eigenvalue weighted by molar-refractivity contribution is 6.16. The first-order chi connectivity index (χ1) is 9.67. The fourth-order valence-corrected chi connectivity index (χ4v) is 2.74. The number of fused-ring (bicyclic) bond motifs is 2. The number of ketones is 1. The number of carbonyl (C=O) groups is 1. The molecule has 3 nitrogen and oxygen atoms in total. The van der Waals surface area contributed by atoms with E-state index in [4.69, 9.17) is 11.8 Å². The minimum Gasteiger partial charge on any atom is -0.294 e. The van der Waals surface area contributed by atoms with E-state index < -0.39 is 5.92 Å². The van der Waals surface area contributed by atoms with Gasteiger partial charge in [0.1, 0.15) is 0 Å². The van der Waals surface area contributed by atoms with Crippen molar-refractivity contribution in [1.82, 2.24) is 0 Å². The van der Waals surface area contributed by atoms with Gasteiger partial charge in [-0.3, -0.25) is 4.79 Å². The molecule has 1 unspecified atom stereocenters. The first-order valence-corrected chi connectivity index (χ1v) is 6.26. The van der Waals surface area contributed by atoms with Gasteiger partial charge in [-0.25, -0.2) is 10.1 Å². The molecule has 94 valence electrons. The average molecular weight is 258 g/mol. The molecule has 1 atom stereocenters. The molecule has 0 aliphatic heterocycles. The van der Waals surface area contributed by atoms with Gasteiger partial charge in [-0.1, -0.05) is 31.2 Å². The molecule has 0 aromatic heterocycles. The number of hydrogen-bond donors (Lipinski definition) is 0. The van der Waals surface area contributed by atoms with Crippen LogP contribution < -0.4 is 0 Å². The van der Waals surface area contributed by atoms with Gasteiger partial charge in [0.15, 0.2) is 5.78 Å². The van der Waals surface area contributed by atoms with Crippen molar-refractivity contribution in [3.8, 4) is 6.07 Å². The summed E-state index contributed by atoms with van der Waals surface area (Å²) in [4.78, 5) is 15.6. The van der Waals surface area contributed by atoms with Gasteiger partial charge < -0.3 is 0 Å². The molecule has 0 spiro atoms. The molecule has 0 fully saturated rings. The molecule has 3 rings (SSSR count). The number of nitriles is 1. The molecule has 0 N–H and O–H groups in total. The van der Waals surface area contributed by atoms with Crippen LogP contribution in [-0.2, 0) is 0 Å². The molecule has 0 saturated carbocycles. The molecule has 3 heteroatoms. The lowest BCUT2D eigenvalue weighted by atomic mass is 9.98. The minimum absolute atomic E-state index is 0.0138. The summed E-state index contributed by atoms with van der Waals surface area (Å²) in [6, 6.07) is 13.4. The molecule has 0 radical (unpaired) electrons. The number of hydrogen-bond acceptors (Lipinski definition) is 2. The molecule has 1 aliphatic carbocycles. The predicted octanol–water partition coefficient (Wildman–Crippen LogP) is 3.83. The molecule has 20 heavy (non-hydrogen) atoms. The van der Waals surface area contributed by atoms with Crippen LogP contribution in [0.25, 0.3) is 21.2 Å². The Hall–Kier alpha value is -2.91. The van der Waals surface area contributed by atoms with Gasteiger partial charge in [-0.05, 0) is 34.0 Å². The molecular weight excluding hydrogens is 248 g/mol. The van der Waals surface area contributed by atoms with Crippen molar-refractivity contribution in [2.45, 2.75) is 6.92 Å². The molecular formula is C17H10N2O. The summed E-state index contributed by atoms with van der Waals surface area (Å²) in [6.45, 7) is 8.87. The van der Waals surface area contributed by atoms with Crippen LogP contribution in [0, 0.1) is 23.8 Å². The second kappa shape index (κ2) is 4.33. The Kier molecular flexibility index (Phi) is 2.63. The molecule has 0 heterocycles. The fourth-order valence-electron chi connectivity index (χ4n) is 2.74. The number of rotatable bonds is 0. The fraction of sp³-hybridized carbons (Fsp3) is 0.118. The maximum atomic E-state index is 12.3. The number of carbonyl (C=O) groups excluding carboxylic acids is 1. The molecule has 0 saturated heterocycles. The second-order valence-electron chi connectivity index (χ2n) is 4.82. The third-order valence-electron chi connectivity index (χ3n) is 3.74. The van der Waals surface area contributed by atoms with E-state index in [0.717, 1.165) is 16.3 Å². The maximum Gasteiger partial charge on any atom is 0.266 e. The van der Waals surface area contributed by atoms with Crippen LogP contribution in [-0.4, -0.2) is 5.78 Å². The molecule has 2 aromatic carbocycles. The number of nitrogens with zero attached hydrogens (tertiary/aromatic N) is 2. The Bertz CT molecular complexity index is 847. The Balaban J connectivity index is 2.41. The lowest BCUT2D eigenvalue weighted by Crippen LogP contribution is -2.03. The van der Waals surface area contributed by atoms with Crippen molar-refractivity contribution < 1.29 is 4.79 Å². The average Bonchev–Trinajstić information content (AvgIpc) is 2.71. The quantitative estimate of drug-likeness (QED) is 0.532. The van der Waals surface area contributed by atoms with Crippen LogP contribution >= 0.6 is 0 Å². The number of allylic oxidation sites excluding steroid dienone is 2. The Morgan fingerprint density at radius 2 is 1.85 bits per heavy atom. The van der Waals surface area contributed by atoms with E-state index in [0.29, 0.717) is 11.1 Å². The summed E-state index contributed by atoms with van der Waals surface area (Å²) >= 11 is 0. The number of Topliss-reactive ketones (excluding diaryl/α,β-unsaturated/α-hetero) is 1. The normalized spacial score (nSPS) is 19.4. The van der Waals surface area contributed by atoms with Crippen LogP contribution in [0.3, 0.4) is 0 Å². The van der Waals surface area contributed by atoms with Crippen molar-refractivity contribution in [3.05, 3.63) is 64.6 Å². The Morgan fingerprint density at radius 3 is 2.40 bits per heavy atom. The van der Waals surface area contributed by atoms with Gasteiger partial charge in [0.05, 0.1) is 12.6 Å². The zero-order valence-corrected chi connectivity index (χ0v) is 10.8. The van der Waals surface area contributed by atoms with E-state index in [1.165, 1.54) is 0 Å². The summed E-state index contributed by atoms with van der Waals surface area (Å²) in [6.07, 6.45) is 0. The van der Waals surface area contributed by atoms with E-state index in [2.05, 4.69) is 4.85 Å². The standard InChI is InChI=1S/C17H10N2O/c1-10-16(15(9-18)19-2)13-7-11-5-3-4-6-12(11)8-14(13)17(10)20/h3-8,10H,1H3/b16-15+. The topological polar surface area (TPSA) is 45.2 Å². The molecule has 1 aliphatic rings. The first kappa shape index (κ1) is 12.1. The van der Waals surface area contributed by atoms with Crippen LogP contribution in [0.15, 0.2) is 42.1 Å². The van der Waals surface area contributed by atoms with E-state index >= 15 is 0 Å². The highest BCUT2D eigenvalue weighted by Crippen LogP contribution is 2.41. The predicted molar refractivity (Wildman–Crippen MR) is 76.6 cm³/mol. The van der Waals surface area contributed by atoms with Crippen molar-refractivity contribution in [3.63, 3.8) is 0 Å². The van der Waals surface area contributed by atoms with Crippen LogP contribution in [0.1, 0.15) is 22.8 Å². The van der Waals surface area contributed by atoms with Gasteiger partial charge >= 0.3 is 0 Å². The Labute approximate surface area is 116 Å². The van der Waals surface area contributed by atoms with Gasteiger partial charge in [0.25, 0.3) is 5.70 Å². The highest BCUT2D eigenvalue weighted by atomic mass is 16.1. The molecule has 2 aromatic rings. The van der Waals surface area contributed by atoms with E-state index in [1.807, 2.05) is 42.5 Å². The lowest BCUT2D eigenvalue weighted by molar-refractivity contribution is 0.0965. The van der Waals surface area contributed by atoms with Crippen LogP contribution in [0.2, 0.25) is 0 Å². The number of benzene rings is 2. The SMILES string of the molecule is [C-]#[N+]/C(C#N)=C1/c2cc3ccccc3cc2C(=O)C1C. The van der Waals surface area contributed by atoms with Crippen molar-refractivity contribution >= 4 is 22.1 Å². The van der Waals surface area contributed by atoms with Crippen molar-refractivity contribution in [2.24, 2.45) is 5.92 Å². The largest absolute Gasteiger partial charge is 0.294 e. The van der Waals surface area contributed by atoms with Crippen molar-refractivity contribution in [1.29, 1.82) is 5.26 Å². The Morgan fingerprint density at radius 1 is 1.25 bits per heavy atom. The second-order valence-corrected chi connectivity index (χ2v) is 4.82. The molecule has 0 amide bonds. The van der Waals surface area contributed by atoms with E-state index in [-0.39, 0.29) is 11.5 Å². The molecule has 0 bridgehead atoms. The lowest BCUT2D eigenvalue weighted by Gasteiger charge is -2.05. The zero-order valence-electron chi connectivity index (χ0n) is 10.8. The van der Waals surface area contributed by atoms with Gasteiger partial charge in [-0.15, -0.1) is 0 Å². The van der Waals surface area contributed by atoms with Gasteiger partial charge in [0.2, 0.25) is 0 Å². The van der Waals surface area contributed by atoms with Crippen LogP contribution in [0.5, 0.6) is 0 Å². The minimum atomic E-state index is -0.425. The maximum absolute atomic E-state index is 12.3. The van der Waals surface area contributed by atoms with Crippen molar-refractivity contribution in [2.75, 3.05) is 0 Å². The van der Waals surface area contributed by atoms with Crippen LogP contribution in [0.4, 0.5) is 0 Å². The zero-order chi connectivity index (χ0) is 14.3. The monoisotopic (exact) mass is 258 g/mol. The summed E-state index contributed by atoms with van der Waals surface area (Å²) in [5.41, 5.74) is 1.92. The van der Waals surface area contributed by atoms with E-state index in [9.17, 15) is 4.79 Å². The third-order valence-corrected chi connectivity index (χ3v) is 3.74. The third kappa shape index (κ3) is 1.54. The van der Waals surface area contributed by atoms with Gasteiger partial charge in [-0.2, -0.15) is 0 Å². The highest BCUT2D eigenvalue weighted by Gasteiger charge is 2.34. The summed E-state index contributed by atoms with van der Waals surface area (Å²) in [5.74, 6) is -0.442. The smallest absolute Gasteiger partial charge is 0.266 e. The summed E-state index contributed by atoms with van der Waals surface area (Å²) in [5, 5.41) is 11.1. The van der Waals surface area contributed by atoms with E-state index in [1.54, 1.807) is 6.92 Å². The van der Waals surface area contributed by atoms with Gasteiger partial charge in [0, 0.05) is 11.5 Å². The summed E-state index contributed by atoms with van der Waals surface area (Å²) in [7, 11) is 0. The summed E-state index contributed by atoms with van der Waals surface area (Å²) < 4.78 is 0.